The number of piperazine rings is 1. The van der Waals surface area contributed by atoms with Gasteiger partial charge in [-0.3, -0.25) is 0 Å². The van der Waals surface area contributed by atoms with Crippen LogP contribution in [0.4, 0.5) is 28.8 Å². The van der Waals surface area contributed by atoms with E-state index in [1.807, 2.05) is 18.2 Å². The van der Waals surface area contributed by atoms with Crippen molar-refractivity contribution in [2.45, 2.75) is 30.4 Å². The molecule has 4 rings (SSSR count). The fraction of sp³-hybridized carbons (Fsp3) is 0.360. The van der Waals surface area contributed by atoms with Crippen LogP contribution >= 0.6 is 0 Å². The lowest BCUT2D eigenvalue weighted by atomic mass is 10.2. The third-order valence-electron chi connectivity index (χ3n) is 5.87. The Kier molecular flexibility index (Phi) is 6.77. The van der Waals surface area contributed by atoms with Crippen LogP contribution in [0.2, 0.25) is 0 Å². The molecule has 0 bridgehead atoms. The number of aromatic nitrogens is 2. The van der Waals surface area contributed by atoms with Crippen molar-refractivity contribution in [2.75, 3.05) is 48.8 Å². The lowest BCUT2D eigenvalue weighted by Gasteiger charge is -2.34. The fourth-order valence-electron chi connectivity index (χ4n) is 3.68. The largest absolute Gasteiger partial charge is 0.369 e. The molecule has 0 radical (unpaired) electrons. The summed E-state index contributed by atoms with van der Waals surface area (Å²) in [5.74, 6) is 1.02. The summed E-state index contributed by atoms with van der Waals surface area (Å²) in [6.07, 6.45) is 1.66. The summed E-state index contributed by atoms with van der Waals surface area (Å²) in [7, 11) is -1.29. The normalized spacial score (nSPS) is 15.2. The molecule has 0 unspecified atom stereocenters. The van der Waals surface area contributed by atoms with Crippen molar-refractivity contribution < 1.29 is 8.42 Å². The average Bonchev–Trinajstić information content (AvgIpc) is 2.80. The second-order valence-corrected chi connectivity index (χ2v) is 12.2. The Bertz CT molecular complexity index is 1230. The fourth-order valence-corrected chi connectivity index (χ4v) is 4.93. The summed E-state index contributed by atoms with van der Waals surface area (Å²) in [4.78, 5) is 13.8. The zero-order valence-electron chi connectivity index (χ0n) is 20.1. The summed E-state index contributed by atoms with van der Waals surface area (Å²) in [5, 5.41) is 6.42. The molecule has 1 aliphatic heterocycles. The molecule has 0 amide bonds. The van der Waals surface area contributed by atoms with Crippen LogP contribution in [0.5, 0.6) is 0 Å². The molecule has 1 aliphatic rings. The molecule has 8 nitrogen and oxygen atoms in total. The zero-order chi connectivity index (χ0) is 24.3. The van der Waals surface area contributed by atoms with Gasteiger partial charge < -0.3 is 20.4 Å². The molecular weight excluding hydrogens is 448 g/mol. The Balaban J connectivity index is 1.44. The molecule has 180 valence electrons. The standard InChI is InChI=1S/C25H32N6O2S/c1-25(2,3)34(32,33)22-7-5-6-20(18-22)27-23-12-13-26-24(29-23)28-19-8-10-21(11-9-19)31-16-14-30(4)15-17-31/h5-13,18H,14-17H2,1-4H3,(H2,26,27,28,29). The molecule has 0 spiro atoms. The van der Waals surface area contributed by atoms with Crippen molar-refractivity contribution in [1.82, 2.24) is 14.9 Å². The first-order valence-corrected chi connectivity index (χ1v) is 12.9. The summed E-state index contributed by atoms with van der Waals surface area (Å²) in [6, 6.07) is 16.8. The zero-order valence-corrected chi connectivity index (χ0v) is 20.9. The van der Waals surface area contributed by atoms with Crippen molar-refractivity contribution in [3.8, 4) is 0 Å². The molecule has 2 aromatic carbocycles. The SMILES string of the molecule is CN1CCN(c2ccc(Nc3nccc(Nc4cccc(S(=O)(=O)C(C)(C)C)c4)n3)cc2)CC1. The first-order chi connectivity index (χ1) is 16.1. The Morgan fingerprint density at radius 3 is 2.26 bits per heavy atom. The van der Waals surface area contributed by atoms with Crippen molar-refractivity contribution in [1.29, 1.82) is 0 Å². The van der Waals surface area contributed by atoms with Gasteiger partial charge in [-0.2, -0.15) is 4.98 Å². The third kappa shape index (κ3) is 5.48. The van der Waals surface area contributed by atoms with E-state index in [1.165, 1.54) is 5.69 Å². The predicted molar refractivity (Wildman–Crippen MR) is 138 cm³/mol. The van der Waals surface area contributed by atoms with Crippen LogP contribution in [0, 0.1) is 0 Å². The average molecular weight is 481 g/mol. The number of hydrogen-bond donors (Lipinski definition) is 2. The minimum absolute atomic E-state index is 0.276. The van der Waals surface area contributed by atoms with Gasteiger partial charge in [0.1, 0.15) is 5.82 Å². The van der Waals surface area contributed by atoms with Gasteiger partial charge >= 0.3 is 0 Å². The maximum absolute atomic E-state index is 12.8. The highest BCUT2D eigenvalue weighted by atomic mass is 32.2. The number of benzene rings is 2. The van der Waals surface area contributed by atoms with E-state index in [2.05, 4.69) is 49.6 Å². The van der Waals surface area contributed by atoms with E-state index < -0.39 is 14.6 Å². The molecule has 2 N–H and O–H groups in total. The quantitative estimate of drug-likeness (QED) is 0.540. The number of anilines is 5. The summed E-state index contributed by atoms with van der Waals surface area (Å²) < 4.78 is 24.7. The van der Waals surface area contributed by atoms with Gasteiger partial charge in [-0.25, -0.2) is 13.4 Å². The molecule has 2 heterocycles. The summed E-state index contributed by atoms with van der Waals surface area (Å²) in [5.41, 5.74) is 2.75. The number of likely N-dealkylation sites (N-methyl/N-ethyl adjacent to an activating group) is 1. The van der Waals surface area contributed by atoms with Crippen molar-refractivity contribution in [3.05, 3.63) is 60.8 Å². The number of sulfone groups is 1. The number of hydrogen-bond acceptors (Lipinski definition) is 8. The van der Waals surface area contributed by atoms with E-state index in [-0.39, 0.29) is 4.90 Å². The molecule has 1 aromatic heterocycles. The minimum atomic E-state index is -3.45. The molecule has 1 fully saturated rings. The monoisotopic (exact) mass is 480 g/mol. The van der Waals surface area contributed by atoms with Crippen LogP contribution in [0.1, 0.15) is 20.8 Å². The number of rotatable bonds is 6. The smallest absolute Gasteiger partial charge is 0.229 e. The molecule has 1 saturated heterocycles. The van der Waals surface area contributed by atoms with Gasteiger partial charge in [0.15, 0.2) is 9.84 Å². The summed E-state index contributed by atoms with van der Waals surface area (Å²) >= 11 is 0. The van der Waals surface area contributed by atoms with Gasteiger partial charge in [-0.1, -0.05) is 6.07 Å². The number of nitrogens with zero attached hydrogens (tertiary/aromatic N) is 4. The maximum atomic E-state index is 12.8. The molecule has 34 heavy (non-hydrogen) atoms. The van der Waals surface area contributed by atoms with E-state index in [4.69, 9.17) is 0 Å². The Morgan fingerprint density at radius 1 is 0.882 bits per heavy atom. The highest BCUT2D eigenvalue weighted by molar-refractivity contribution is 7.92. The third-order valence-corrected chi connectivity index (χ3v) is 8.36. The van der Waals surface area contributed by atoms with E-state index in [1.54, 1.807) is 51.2 Å². The number of nitrogens with one attached hydrogen (secondary N) is 2. The first-order valence-electron chi connectivity index (χ1n) is 11.4. The van der Waals surface area contributed by atoms with E-state index in [0.29, 0.717) is 17.5 Å². The molecular formula is C25H32N6O2S. The maximum Gasteiger partial charge on any atom is 0.229 e. The van der Waals surface area contributed by atoms with Crippen LogP contribution in [-0.4, -0.2) is 61.3 Å². The molecule has 0 aliphatic carbocycles. The van der Waals surface area contributed by atoms with Gasteiger partial charge in [0.25, 0.3) is 0 Å². The van der Waals surface area contributed by atoms with Crippen LogP contribution in [0.3, 0.4) is 0 Å². The lowest BCUT2D eigenvalue weighted by Crippen LogP contribution is -2.44. The Morgan fingerprint density at radius 2 is 1.59 bits per heavy atom. The van der Waals surface area contributed by atoms with Gasteiger partial charge in [0.05, 0.1) is 9.64 Å². The van der Waals surface area contributed by atoms with Crippen molar-refractivity contribution >= 4 is 38.7 Å². The van der Waals surface area contributed by atoms with Crippen LogP contribution in [-0.2, 0) is 9.84 Å². The Hall–Kier alpha value is -3.17. The van der Waals surface area contributed by atoms with Crippen LogP contribution in [0.25, 0.3) is 0 Å². The summed E-state index contributed by atoms with van der Waals surface area (Å²) in [6.45, 7) is 9.28. The predicted octanol–water partition coefficient (Wildman–Crippen LogP) is 4.29. The molecule has 3 aromatic rings. The van der Waals surface area contributed by atoms with Gasteiger partial charge in [0, 0.05) is 49.4 Å². The van der Waals surface area contributed by atoms with Crippen LogP contribution in [0.15, 0.2) is 65.7 Å². The van der Waals surface area contributed by atoms with E-state index >= 15 is 0 Å². The second kappa shape index (κ2) is 9.60. The van der Waals surface area contributed by atoms with Gasteiger partial charge in [-0.15, -0.1) is 0 Å². The lowest BCUT2D eigenvalue weighted by molar-refractivity contribution is 0.313. The van der Waals surface area contributed by atoms with Crippen molar-refractivity contribution in [3.63, 3.8) is 0 Å². The Labute approximate surface area is 202 Å². The van der Waals surface area contributed by atoms with Gasteiger partial charge in [-0.05, 0) is 76.3 Å². The van der Waals surface area contributed by atoms with E-state index in [0.717, 1.165) is 31.9 Å². The van der Waals surface area contributed by atoms with E-state index in [9.17, 15) is 8.42 Å². The van der Waals surface area contributed by atoms with Gasteiger partial charge in [0.2, 0.25) is 5.95 Å². The molecule has 0 atom stereocenters. The molecule has 9 heteroatoms. The minimum Gasteiger partial charge on any atom is -0.369 e. The van der Waals surface area contributed by atoms with Crippen LogP contribution < -0.4 is 15.5 Å². The highest BCUT2D eigenvalue weighted by Gasteiger charge is 2.30. The van der Waals surface area contributed by atoms with Crippen molar-refractivity contribution in [2.24, 2.45) is 0 Å². The molecule has 0 saturated carbocycles. The first kappa shape index (κ1) is 24.0. The second-order valence-electron chi connectivity index (χ2n) is 9.50. The highest BCUT2D eigenvalue weighted by Crippen LogP contribution is 2.28. The topological polar surface area (TPSA) is 90.5 Å².